The van der Waals surface area contributed by atoms with E-state index in [1.165, 1.54) is 18.2 Å². The van der Waals surface area contributed by atoms with Crippen LogP contribution in [0.15, 0.2) is 36.1 Å². The summed E-state index contributed by atoms with van der Waals surface area (Å²) in [7, 11) is 0. The Morgan fingerprint density at radius 3 is 1.83 bits per heavy atom. The Kier molecular flexibility index (Phi) is 4.65. The smallest absolute Gasteiger partial charge is 0.267 e. The molecule has 2 aromatic rings. The Morgan fingerprint density at radius 2 is 1.35 bits per heavy atom. The van der Waals surface area contributed by atoms with E-state index >= 15 is 0 Å². The van der Waals surface area contributed by atoms with E-state index in [2.05, 4.69) is 63.7 Å². The summed E-state index contributed by atoms with van der Waals surface area (Å²) in [5.41, 5.74) is 0.447. The predicted octanol–water partition coefficient (Wildman–Crippen LogP) is 5.90. The van der Waals surface area contributed by atoms with Gasteiger partial charge in [0.1, 0.15) is 5.75 Å². The minimum Gasteiger partial charge on any atom is -0.506 e. The second kappa shape index (κ2) is 6.15. The van der Waals surface area contributed by atoms with Gasteiger partial charge in [0.05, 0.1) is 16.8 Å². The van der Waals surface area contributed by atoms with Crippen molar-refractivity contribution in [3.8, 4) is 5.75 Å². The van der Waals surface area contributed by atoms with Gasteiger partial charge < -0.3 is 5.11 Å². The highest BCUT2D eigenvalue weighted by atomic mass is 79.9. The average molecular weight is 589 g/mol. The van der Waals surface area contributed by atoms with E-state index in [1.807, 2.05) is 0 Å². The average Bonchev–Trinajstić information content (AvgIpc) is 2.77. The largest absolute Gasteiger partial charge is 0.506 e. The van der Waals surface area contributed by atoms with Crippen LogP contribution >= 0.6 is 75.3 Å². The van der Waals surface area contributed by atoms with Crippen molar-refractivity contribution in [1.82, 2.24) is 0 Å². The molecular formula is C14H4Br4ClNO3. The summed E-state index contributed by atoms with van der Waals surface area (Å²) >= 11 is 19.3. The molecule has 2 aromatic carbocycles. The third kappa shape index (κ3) is 2.59. The highest BCUT2D eigenvalue weighted by Crippen LogP contribution is 2.47. The Morgan fingerprint density at radius 1 is 0.870 bits per heavy atom. The Labute approximate surface area is 169 Å². The molecule has 1 heterocycles. The van der Waals surface area contributed by atoms with Gasteiger partial charge in [-0.15, -0.1) is 0 Å². The lowest BCUT2D eigenvalue weighted by atomic mass is 10.1. The number of hydrogen-bond acceptors (Lipinski definition) is 3. The number of nitrogens with zero attached hydrogens (tertiary/aromatic N) is 1. The molecule has 0 bridgehead atoms. The zero-order valence-electron chi connectivity index (χ0n) is 10.8. The van der Waals surface area contributed by atoms with E-state index in [4.69, 9.17) is 11.6 Å². The van der Waals surface area contributed by atoms with E-state index in [-0.39, 0.29) is 22.6 Å². The second-order valence-corrected chi connectivity index (χ2v) is 8.19. The van der Waals surface area contributed by atoms with E-state index < -0.39 is 11.8 Å². The molecular weight excluding hydrogens is 585 g/mol. The number of phenols is 1. The number of carbonyl (C=O) groups excluding carboxylic acids is 2. The lowest BCUT2D eigenvalue weighted by molar-refractivity contribution is 0.0924. The molecule has 0 fully saturated rings. The number of phenolic OH excluding ortho intramolecular Hbond substituents is 1. The number of amides is 2. The van der Waals surface area contributed by atoms with Gasteiger partial charge >= 0.3 is 0 Å². The molecule has 0 saturated heterocycles. The van der Waals surface area contributed by atoms with Gasteiger partial charge in [-0.05, 0) is 81.9 Å². The summed E-state index contributed by atoms with van der Waals surface area (Å²) in [5, 5.41) is 10.3. The Balaban J connectivity index is 2.29. The molecule has 0 atom stereocenters. The molecule has 3 rings (SSSR count). The van der Waals surface area contributed by atoms with Crippen molar-refractivity contribution in [1.29, 1.82) is 0 Å². The van der Waals surface area contributed by atoms with Crippen LogP contribution in [0, 0.1) is 0 Å². The first kappa shape index (κ1) is 17.4. The fourth-order valence-corrected chi connectivity index (χ4v) is 4.87. The number of anilines is 1. The third-order valence-electron chi connectivity index (χ3n) is 3.28. The van der Waals surface area contributed by atoms with E-state index in [1.54, 1.807) is 0 Å². The Bertz CT molecular complexity index is 853. The minimum absolute atomic E-state index is 0.0368. The molecule has 0 aliphatic carbocycles. The third-order valence-corrected chi connectivity index (χ3v) is 8.28. The highest BCUT2D eigenvalue weighted by molar-refractivity contribution is 9.15. The summed E-state index contributed by atoms with van der Waals surface area (Å²) in [6, 6.07) is 4.17. The first-order valence-electron chi connectivity index (χ1n) is 5.99. The van der Waals surface area contributed by atoms with Crippen molar-refractivity contribution < 1.29 is 14.7 Å². The maximum absolute atomic E-state index is 12.8. The molecule has 0 saturated carbocycles. The molecule has 4 nitrogen and oxygen atoms in total. The summed E-state index contributed by atoms with van der Waals surface area (Å²) in [4.78, 5) is 26.4. The molecule has 0 aromatic heterocycles. The summed E-state index contributed by atoms with van der Waals surface area (Å²) < 4.78 is 2.10. The van der Waals surface area contributed by atoms with Crippen molar-refractivity contribution >= 4 is 92.8 Å². The van der Waals surface area contributed by atoms with Crippen LogP contribution in [0.4, 0.5) is 5.69 Å². The number of imide groups is 1. The summed E-state index contributed by atoms with van der Waals surface area (Å²) in [6.45, 7) is 0. The van der Waals surface area contributed by atoms with Crippen molar-refractivity contribution in [3.05, 3.63) is 52.2 Å². The van der Waals surface area contributed by atoms with Crippen LogP contribution in [0.3, 0.4) is 0 Å². The second-order valence-electron chi connectivity index (χ2n) is 4.58. The van der Waals surface area contributed by atoms with Gasteiger partial charge in [-0.2, -0.15) is 0 Å². The highest BCUT2D eigenvalue weighted by Gasteiger charge is 2.42. The van der Waals surface area contributed by atoms with Crippen molar-refractivity contribution in [3.63, 3.8) is 0 Å². The quantitative estimate of drug-likeness (QED) is 0.256. The van der Waals surface area contributed by atoms with Gasteiger partial charge in [0, 0.05) is 22.9 Å². The fourth-order valence-electron chi connectivity index (χ4n) is 2.24. The van der Waals surface area contributed by atoms with Gasteiger partial charge in [-0.25, -0.2) is 4.90 Å². The maximum Gasteiger partial charge on any atom is 0.267 e. The molecule has 23 heavy (non-hydrogen) atoms. The molecule has 1 N–H and O–H groups in total. The number of carbonyl (C=O) groups is 2. The van der Waals surface area contributed by atoms with Gasteiger partial charge in [0.15, 0.2) is 0 Å². The van der Waals surface area contributed by atoms with E-state index in [0.717, 1.165) is 4.90 Å². The fraction of sp³-hybridized carbons (Fsp3) is 0. The molecule has 0 spiro atoms. The lowest BCUT2D eigenvalue weighted by Crippen LogP contribution is -2.29. The topological polar surface area (TPSA) is 57.6 Å². The zero-order chi connectivity index (χ0) is 17.0. The van der Waals surface area contributed by atoms with Crippen LogP contribution in [0.1, 0.15) is 20.7 Å². The minimum atomic E-state index is -0.552. The van der Waals surface area contributed by atoms with Gasteiger partial charge in [-0.3, -0.25) is 9.59 Å². The number of hydrogen-bond donors (Lipinski definition) is 1. The van der Waals surface area contributed by atoms with E-state index in [0.29, 0.717) is 22.9 Å². The van der Waals surface area contributed by atoms with Gasteiger partial charge in [-0.1, -0.05) is 11.6 Å². The molecule has 9 heteroatoms. The number of rotatable bonds is 1. The normalized spacial score (nSPS) is 13.7. The monoisotopic (exact) mass is 585 g/mol. The van der Waals surface area contributed by atoms with Crippen LogP contribution in [0.2, 0.25) is 5.02 Å². The molecule has 118 valence electrons. The van der Waals surface area contributed by atoms with Gasteiger partial charge in [0.2, 0.25) is 0 Å². The Hall–Kier alpha value is -0.410. The first-order chi connectivity index (χ1) is 10.8. The molecule has 2 amide bonds. The first-order valence-corrected chi connectivity index (χ1v) is 9.54. The number of aromatic hydroxyl groups is 1. The van der Waals surface area contributed by atoms with Crippen molar-refractivity contribution in [2.24, 2.45) is 0 Å². The lowest BCUT2D eigenvalue weighted by Gasteiger charge is -2.15. The van der Waals surface area contributed by atoms with Crippen LogP contribution in [-0.2, 0) is 0 Å². The predicted molar refractivity (Wildman–Crippen MR) is 101 cm³/mol. The summed E-state index contributed by atoms with van der Waals surface area (Å²) in [5.74, 6) is -1.32. The van der Waals surface area contributed by atoms with Gasteiger partial charge in [0.25, 0.3) is 11.8 Å². The van der Waals surface area contributed by atoms with Crippen molar-refractivity contribution in [2.45, 2.75) is 0 Å². The number of benzene rings is 2. The van der Waals surface area contributed by atoms with Crippen molar-refractivity contribution in [2.75, 3.05) is 4.90 Å². The molecule has 1 aliphatic rings. The summed E-state index contributed by atoms with van der Waals surface area (Å²) in [6.07, 6.45) is 0. The van der Waals surface area contributed by atoms with Crippen LogP contribution in [0.5, 0.6) is 5.75 Å². The van der Waals surface area contributed by atoms with Crippen LogP contribution in [0.25, 0.3) is 0 Å². The molecule has 0 unspecified atom stereocenters. The molecule has 0 radical (unpaired) electrons. The number of halogens is 5. The standard InChI is InChI=1S/C14H4Br4ClNO3/c15-9-7-8(10(16)12(18)11(9)17)14(23)20(13(7)22)5-3-4(19)1-2-6(5)21/h1-3,21H. The van der Waals surface area contributed by atoms with Crippen LogP contribution < -0.4 is 4.90 Å². The maximum atomic E-state index is 12.8. The SMILES string of the molecule is O=C1c2c(Br)c(Br)c(Br)c(Br)c2C(=O)N1c1cc(Cl)ccc1O. The zero-order valence-corrected chi connectivity index (χ0v) is 17.9. The molecule has 1 aliphatic heterocycles. The number of fused-ring (bicyclic) bond motifs is 1. The van der Waals surface area contributed by atoms with E-state index in [9.17, 15) is 14.7 Å². The van der Waals surface area contributed by atoms with Crippen LogP contribution in [-0.4, -0.2) is 16.9 Å².